The summed E-state index contributed by atoms with van der Waals surface area (Å²) < 4.78 is 4.70. The zero-order valence-electron chi connectivity index (χ0n) is 12.1. The molecule has 2 aromatic carbocycles. The molecule has 110 valence electrons. The smallest absolute Gasteiger partial charge is 0.330 e. The Morgan fingerprint density at radius 3 is 2.57 bits per heavy atom. The summed E-state index contributed by atoms with van der Waals surface area (Å²) in [6, 6.07) is 13.1. The van der Waals surface area contributed by atoms with Crippen molar-refractivity contribution in [3.8, 4) is 0 Å². The van der Waals surface area contributed by atoms with Gasteiger partial charge in [0.15, 0.2) is 0 Å². The summed E-state index contributed by atoms with van der Waals surface area (Å²) in [5.41, 5.74) is 0.910. The van der Waals surface area contributed by atoms with Gasteiger partial charge in [0, 0.05) is 24.5 Å². The normalized spacial score (nSPS) is 11.7. The number of hydrogen-bond donors (Lipinski definition) is 2. The molecule has 0 heterocycles. The summed E-state index contributed by atoms with van der Waals surface area (Å²) in [4.78, 5) is 22.8. The first kappa shape index (κ1) is 14.8. The molecule has 0 aliphatic rings. The van der Waals surface area contributed by atoms with Gasteiger partial charge in [-0.1, -0.05) is 36.4 Å². The van der Waals surface area contributed by atoms with Crippen LogP contribution < -0.4 is 10.6 Å². The maximum Gasteiger partial charge on any atom is 0.330 e. The number of ether oxygens (including phenoxy) is 1. The molecule has 0 aliphatic heterocycles. The summed E-state index contributed by atoms with van der Waals surface area (Å²) in [7, 11) is 1.30. The number of anilines is 1. The minimum atomic E-state index is -0.716. The lowest BCUT2D eigenvalue weighted by atomic mass is 10.1. The van der Waals surface area contributed by atoms with E-state index >= 15 is 0 Å². The van der Waals surface area contributed by atoms with Crippen LogP contribution in [0.25, 0.3) is 10.8 Å². The molecule has 1 amide bonds. The van der Waals surface area contributed by atoms with Gasteiger partial charge in [-0.3, -0.25) is 4.79 Å². The lowest BCUT2D eigenvalue weighted by molar-refractivity contribution is -0.144. The monoisotopic (exact) mass is 286 g/mol. The van der Waals surface area contributed by atoms with E-state index in [1.54, 1.807) is 0 Å². The van der Waals surface area contributed by atoms with Crippen molar-refractivity contribution in [1.29, 1.82) is 0 Å². The minimum Gasteiger partial charge on any atom is -0.467 e. The quantitative estimate of drug-likeness (QED) is 0.824. The molecule has 5 heteroatoms. The third-order valence-electron chi connectivity index (χ3n) is 3.15. The number of benzene rings is 2. The van der Waals surface area contributed by atoms with Crippen molar-refractivity contribution < 1.29 is 14.3 Å². The molecule has 2 aromatic rings. The predicted octanol–water partition coefficient (Wildman–Crippen LogP) is 1.93. The molecular weight excluding hydrogens is 268 g/mol. The fourth-order valence-corrected chi connectivity index (χ4v) is 2.17. The summed E-state index contributed by atoms with van der Waals surface area (Å²) in [5, 5.41) is 7.94. The van der Waals surface area contributed by atoms with E-state index in [2.05, 4.69) is 10.6 Å². The fourth-order valence-electron chi connectivity index (χ4n) is 2.17. The molecule has 1 atom stereocenters. The van der Waals surface area contributed by atoms with E-state index in [4.69, 9.17) is 4.74 Å². The predicted molar refractivity (Wildman–Crippen MR) is 82.1 cm³/mol. The molecule has 2 rings (SSSR count). The van der Waals surface area contributed by atoms with Gasteiger partial charge in [-0.15, -0.1) is 0 Å². The van der Waals surface area contributed by atoms with Gasteiger partial charge in [-0.05, 0) is 11.5 Å². The Balaban J connectivity index is 2.15. The van der Waals surface area contributed by atoms with Crippen LogP contribution in [0.4, 0.5) is 5.69 Å². The first-order valence-electron chi connectivity index (χ1n) is 6.68. The second kappa shape index (κ2) is 6.74. The summed E-state index contributed by atoms with van der Waals surface area (Å²) in [5.74, 6) is -0.747. The van der Waals surface area contributed by atoms with Crippen LogP contribution in [0.1, 0.15) is 6.92 Å². The Morgan fingerprint density at radius 2 is 1.86 bits per heavy atom. The van der Waals surface area contributed by atoms with Gasteiger partial charge in [0.25, 0.3) is 0 Å². The van der Waals surface area contributed by atoms with Crippen molar-refractivity contribution in [1.82, 2.24) is 5.32 Å². The zero-order chi connectivity index (χ0) is 15.2. The van der Waals surface area contributed by atoms with E-state index < -0.39 is 12.0 Å². The van der Waals surface area contributed by atoms with Gasteiger partial charge >= 0.3 is 5.97 Å². The molecular formula is C16H18N2O3. The van der Waals surface area contributed by atoms with Crippen LogP contribution in [0.15, 0.2) is 42.5 Å². The van der Waals surface area contributed by atoms with Gasteiger partial charge < -0.3 is 15.4 Å². The molecule has 0 bridgehead atoms. The van der Waals surface area contributed by atoms with Gasteiger partial charge in [0.2, 0.25) is 5.91 Å². The van der Waals surface area contributed by atoms with Crippen LogP contribution in [-0.2, 0) is 14.3 Å². The summed E-state index contributed by atoms with van der Waals surface area (Å²) >= 11 is 0. The second-order valence-electron chi connectivity index (χ2n) is 4.68. The molecule has 2 N–H and O–H groups in total. The van der Waals surface area contributed by atoms with E-state index in [1.165, 1.54) is 14.0 Å². The number of methoxy groups -OCH3 is 1. The van der Waals surface area contributed by atoms with E-state index in [-0.39, 0.29) is 12.5 Å². The molecule has 0 radical (unpaired) electrons. The number of amides is 1. The third kappa shape index (κ3) is 3.72. The van der Waals surface area contributed by atoms with Crippen LogP contribution in [0, 0.1) is 0 Å². The molecule has 0 aromatic heterocycles. The highest BCUT2D eigenvalue weighted by atomic mass is 16.5. The number of carbonyl (C=O) groups is 2. The molecule has 5 nitrogen and oxygen atoms in total. The van der Waals surface area contributed by atoms with Crippen molar-refractivity contribution in [2.24, 2.45) is 0 Å². The highest BCUT2D eigenvalue weighted by Gasteiger charge is 2.19. The Kier molecular flexibility index (Phi) is 4.77. The van der Waals surface area contributed by atoms with E-state index in [0.717, 1.165) is 16.5 Å². The van der Waals surface area contributed by atoms with Crippen molar-refractivity contribution in [2.45, 2.75) is 13.0 Å². The molecule has 0 saturated heterocycles. The summed E-state index contributed by atoms with van der Waals surface area (Å²) in [6.45, 7) is 1.63. The lowest BCUT2D eigenvalue weighted by Crippen LogP contribution is -2.45. The molecule has 0 saturated carbocycles. The summed E-state index contributed by atoms with van der Waals surface area (Å²) in [6.07, 6.45) is 0. The standard InChI is InChI=1S/C16H18N2O3/c1-11(19)18-15(16(20)21-2)10-17-14-9-5-7-12-6-3-4-8-13(12)14/h3-9,15,17H,10H2,1-2H3,(H,18,19). The Labute approximate surface area is 123 Å². The van der Waals surface area contributed by atoms with Crippen molar-refractivity contribution >= 4 is 28.3 Å². The first-order chi connectivity index (χ1) is 10.1. The topological polar surface area (TPSA) is 67.4 Å². The number of nitrogens with one attached hydrogen (secondary N) is 2. The van der Waals surface area contributed by atoms with E-state index in [0.29, 0.717) is 0 Å². The van der Waals surface area contributed by atoms with Crippen molar-refractivity contribution in [3.05, 3.63) is 42.5 Å². The highest BCUT2D eigenvalue weighted by Crippen LogP contribution is 2.22. The molecule has 0 spiro atoms. The lowest BCUT2D eigenvalue weighted by Gasteiger charge is -2.17. The molecule has 21 heavy (non-hydrogen) atoms. The van der Waals surface area contributed by atoms with Crippen LogP contribution >= 0.6 is 0 Å². The first-order valence-corrected chi connectivity index (χ1v) is 6.68. The highest BCUT2D eigenvalue weighted by molar-refractivity contribution is 5.94. The van der Waals surface area contributed by atoms with Crippen LogP contribution in [-0.4, -0.2) is 31.6 Å². The Hall–Kier alpha value is -2.56. The number of fused-ring (bicyclic) bond motifs is 1. The van der Waals surface area contributed by atoms with Crippen LogP contribution in [0.5, 0.6) is 0 Å². The number of hydrogen-bond acceptors (Lipinski definition) is 4. The van der Waals surface area contributed by atoms with Crippen LogP contribution in [0.2, 0.25) is 0 Å². The molecule has 0 fully saturated rings. The van der Waals surface area contributed by atoms with E-state index in [1.807, 2.05) is 42.5 Å². The minimum absolute atomic E-state index is 0.264. The van der Waals surface area contributed by atoms with Crippen LogP contribution in [0.3, 0.4) is 0 Å². The van der Waals surface area contributed by atoms with Gasteiger partial charge in [-0.2, -0.15) is 0 Å². The van der Waals surface area contributed by atoms with Gasteiger partial charge in [-0.25, -0.2) is 4.79 Å². The molecule has 1 unspecified atom stereocenters. The Morgan fingerprint density at radius 1 is 1.14 bits per heavy atom. The van der Waals surface area contributed by atoms with Gasteiger partial charge in [0.05, 0.1) is 7.11 Å². The maximum absolute atomic E-state index is 11.7. The number of esters is 1. The fraction of sp³-hybridized carbons (Fsp3) is 0.250. The maximum atomic E-state index is 11.7. The largest absolute Gasteiger partial charge is 0.467 e. The SMILES string of the molecule is COC(=O)C(CNc1cccc2ccccc12)NC(C)=O. The molecule has 0 aliphatic carbocycles. The average Bonchev–Trinajstić information content (AvgIpc) is 2.50. The average molecular weight is 286 g/mol. The van der Waals surface area contributed by atoms with E-state index in [9.17, 15) is 9.59 Å². The third-order valence-corrected chi connectivity index (χ3v) is 3.15. The van der Waals surface area contributed by atoms with Crippen molar-refractivity contribution in [3.63, 3.8) is 0 Å². The van der Waals surface area contributed by atoms with Gasteiger partial charge in [0.1, 0.15) is 6.04 Å². The number of rotatable bonds is 5. The van der Waals surface area contributed by atoms with Crippen molar-refractivity contribution in [2.75, 3.05) is 19.0 Å². The number of carbonyl (C=O) groups excluding carboxylic acids is 2. The second-order valence-corrected chi connectivity index (χ2v) is 4.68. The Bertz CT molecular complexity index is 650. The zero-order valence-corrected chi connectivity index (χ0v) is 12.1.